The molecule has 5 aromatic rings. The number of aryl methyl sites for hydroxylation is 2. The fraction of sp³-hybridized carbons (Fsp3) is 0.136. The minimum Gasteiger partial charge on any atom is -0.269 e. The molecular weight excluding hydrogens is 382 g/mol. The standard InChI is InChI=1S/C22H17N5OS/c28-22-17(6-1-4-15-5-2-10-23-14-15)12-16-7-3-11-24-21(16)27(22)18-8-9-19-20(13-18)26-29-25-19/h2-3,5,7-14H,1,4,6H2. The van der Waals surface area contributed by atoms with Crippen molar-refractivity contribution < 1.29 is 0 Å². The third-order valence-electron chi connectivity index (χ3n) is 4.97. The van der Waals surface area contributed by atoms with Crippen LogP contribution >= 0.6 is 11.7 Å². The molecular formula is C22H17N5OS. The van der Waals surface area contributed by atoms with Crippen LogP contribution in [-0.4, -0.2) is 23.3 Å². The molecule has 1 aromatic carbocycles. The van der Waals surface area contributed by atoms with E-state index in [0.717, 1.165) is 40.5 Å². The molecule has 4 aromatic heterocycles. The molecule has 0 unspecified atom stereocenters. The van der Waals surface area contributed by atoms with Crippen LogP contribution in [-0.2, 0) is 12.8 Å². The van der Waals surface area contributed by atoms with Crippen molar-refractivity contribution in [3.63, 3.8) is 0 Å². The van der Waals surface area contributed by atoms with E-state index in [-0.39, 0.29) is 5.56 Å². The molecule has 0 atom stereocenters. The van der Waals surface area contributed by atoms with E-state index < -0.39 is 0 Å². The average molecular weight is 399 g/mol. The summed E-state index contributed by atoms with van der Waals surface area (Å²) in [5.41, 5.74) is 4.94. The van der Waals surface area contributed by atoms with Crippen LogP contribution < -0.4 is 5.56 Å². The molecule has 0 spiro atoms. The lowest BCUT2D eigenvalue weighted by Gasteiger charge is -2.12. The lowest BCUT2D eigenvalue weighted by molar-refractivity contribution is 0.801. The van der Waals surface area contributed by atoms with E-state index in [4.69, 9.17) is 0 Å². The van der Waals surface area contributed by atoms with Gasteiger partial charge in [-0.15, -0.1) is 0 Å². The fourth-order valence-electron chi connectivity index (χ4n) is 3.56. The minimum atomic E-state index is -0.0371. The molecule has 0 amide bonds. The first-order valence-corrected chi connectivity index (χ1v) is 10.1. The zero-order chi connectivity index (χ0) is 19.6. The molecule has 4 heterocycles. The lowest BCUT2D eigenvalue weighted by Crippen LogP contribution is -2.23. The van der Waals surface area contributed by atoms with Gasteiger partial charge in [0.05, 0.1) is 17.4 Å². The number of fused-ring (bicyclic) bond motifs is 2. The first kappa shape index (κ1) is 17.6. The summed E-state index contributed by atoms with van der Waals surface area (Å²) in [7, 11) is 0. The Morgan fingerprint density at radius 1 is 0.931 bits per heavy atom. The van der Waals surface area contributed by atoms with Gasteiger partial charge in [0.1, 0.15) is 16.7 Å². The Morgan fingerprint density at radius 3 is 2.72 bits per heavy atom. The fourth-order valence-corrected chi connectivity index (χ4v) is 4.07. The van der Waals surface area contributed by atoms with Gasteiger partial charge in [0, 0.05) is 29.5 Å². The molecule has 0 saturated heterocycles. The zero-order valence-electron chi connectivity index (χ0n) is 15.5. The third-order valence-corrected chi connectivity index (χ3v) is 5.52. The van der Waals surface area contributed by atoms with Crippen LogP contribution in [0.4, 0.5) is 0 Å². The number of aromatic nitrogens is 5. The summed E-state index contributed by atoms with van der Waals surface area (Å²) in [6, 6.07) is 15.5. The Labute approximate surface area is 170 Å². The Kier molecular flexibility index (Phi) is 4.57. The molecule has 0 N–H and O–H groups in total. The highest BCUT2D eigenvalue weighted by atomic mass is 32.1. The summed E-state index contributed by atoms with van der Waals surface area (Å²) >= 11 is 1.17. The smallest absolute Gasteiger partial charge is 0.259 e. The Hall–Kier alpha value is -3.45. The maximum absolute atomic E-state index is 13.4. The van der Waals surface area contributed by atoms with Gasteiger partial charge < -0.3 is 0 Å². The summed E-state index contributed by atoms with van der Waals surface area (Å²) < 4.78 is 10.2. The van der Waals surface area contributed by atoms with E-state index in [2.05, 4.69) is 24.8 Å². The van der Waals surface area contributed by atoms with Crippen molar-refractivity contribution in [1.29, 1.82) is 0 Å². The maximum Gasteiger partial charge on any atom is 0.259 e. The van der Waals surface area contributed by atoms with E-state index in [0.29, 0.717) is 12.1 Å². The quantitative estimate of drug-likeness (QED) is 0.447. The second-order valence-corrected chi connectivity index (χ2v) is 7.41. The summed E-state index contributed by atoms with van der Waals surface area (Å²) in [6.07, 6.45) is 7.81. The molecule has 29 heavy (non-hydrogen) atoms. The van der Waals surface area contributed by atoms with Gasteiger partial charge in [0.2, 0.25) is 0 Å². The van der Waals surface area contributed by atoms with E-state index in [9.17, 15) is 4.79 Å². The molecule has 0 fully saturated rings. The molecule has 0 radical (unpaired) electrons. The normalized spacial score (nSPS) is 11.3. The Bertz CT molecular complexity index is 1360. The highest BCUT2D eigenvalue weighted by molar-refractivity contribution is 7.00. The third kappa shape index (κ3) is 3.40. The first-order chi connectivity index (χ1) is 14.3. The van der Waals surface area contributed by atoms with Gasteiger partial charge in [-0.05, 0) is 67.3 Å². The van der Waals surface area contributed by atoms with E-state index in [1.807, 2.05) is 48.7 Å². The van der Waals surface area contributed by atoms with E-state index in [1.54, 1.807) is 17.0 Å². The highest BCUT2D eigenvalue weighted by Gasteiger charge is 2.13. The summed E-state index contributed by atoms with van der Waals surface area (Å²) in [6.45, 7) is 0. The van der Waals surface area contributed by atoms with Crippen molar-refractivity contribution in [3.05, 3.63) is 88.6 Å². The second-order valence-electron chi connectivity index (χ2n) is 6.88. The molecule has 0 aliphatic rings. The van der Waals surface area contributed by atoms with E-state index in [1.165, 1.54) is 17.3 Å². The molecule has 142 valence electrons. The van der Waals surface area contributed by atoms with Crippen molar-refractivity contribution in [2.24, 2.45) is 0 Å². The van der Waals surface area contributed by atoms with Gasteiger partial charge in [-0.25, -0.2) is 4.98 Å². The van der Waals surface area contributed by atoms with Crippen LogP contribution in [0.15, 0.2) is 71.9 Å². The number of rotatable bonds is 5. The average Bonchev–Trinajstić information content (AvgIpc) is 3.23. The molecule has 0 aliphatic heterocycles. The van der Waals surface area contributed by atoms with Crippen molar-refractivity contribution >= 4 is 33.8 Å². The predicted molar refractivity (Wildman–Crippen MR) is 115 cm³/mol. The van der Waals surface area contributed by atoms with Crippen molar-refractivity contribution in [2.75, 3.05) is 0 Å². The number of nitrogens with zero attached hydrogens (tertiary/aromatic N) is 5. The first-order valence-electron chi connectivity index (χ1n) is 9.41. The van der Waals surface area contributed by atoms with Gasteiger partial charge in [0.25, 0.3) is 5.56 Å². The van der Waals surface area contributed by atoms with Crippen molar-refractivity contribution in [1.82, 2.24) is 23.3 Å². The van der Waals surface area contributed by atoms with Crippen molar-refractivity contribution in [2.45, 2.75) is 19.3 Å². The largest absolute Gasteiger partial charge is 0.269 e. The monoisotopic (exact) mass is 399 g/mol. The van der Waals surface area contributed by atoms with Crippen LogP contribution in [0.3, 0.4) is 0 Å². The van der Waals surface area contributed by atoms with Crippen LogP contribution in [0.1, 0.15) is 17.5 Å². The SMILES string of the molecule is O=c1c(CCCc2cccnc2)cc2cccnc2n1-c1ccc2nsnc2c1. The number of hydrogen-bond donors (Lipinski definition) is 0. The summed E-state index contributed by atoms with van der Waals surface area (Å²) in [4.78, 5) is 22.0. The van der Waals surface area contributed by atoms with Gasteiger partial charge in [0.15, 0.2) is 0 Å². The van der Waals surface area contributed by atoms with Crippen LogP contribution in [0, 0.1) is 0 Å². The van der Waals surface area contributed by atoms with Crippen LogP contribution in [0.25, 0.3) is 27.8 Å². The number of benzene rings is 1. The van der Waals surface area contributed by atoms with Crippen LogP contribution in [0.2, 0.25) is 0 Å². The van der Waals surface area contributed by atoms with Gasteiger partial charge in [-0.2, -0.15) is 8.75 Å². The molecule has 6 nitrogen and oxygen atoms in total. The van der Waals surface area contributed by atoms with Crippen LogP contribution in [0.5, 0.6) is 0 Å². The summed E-state index contributed by atoms with van der Waals surface area (Å²) in [5, 5.41) is 0.944. The molecule has 0 aliphatic carbocycles. The van der Waals surface area contributed by atoms with Gasteiger partial charge >= 0.3 is 0 Å². The highest BCUT2D eigenvalue weighted by Crippen LogP contribution is 2.20. The van der Waals surface area contributed by atoms with Gasteiger partial charge in [-0.3, -0.25) is 14.3 Å². The van der Waals surface area contributed by atoms with E-state index >= 15 is 0 Å². The lowest BCUT2D eigenvalue weighted by atomic mass is 10.0. The summed E-state index contributed by atoms with van der Waals surface area (Å²) in [5.74, 6) is 0. The second kappa shape index (κ2) is 7.52. The van der Waals surface area contributed by atoms with Crippen molar-refractivity contribution in [3.8, 4) is 5.69 Å². The maximum atomic E-state index is 13.4. The Morgan fingerprint density at radius 2 is 1.83 bits per heavy atom. The molecule has 0 bridgehead atoms. The Balaban J connectivity index is 1.57. The minimum absolute atomic E-state index is 0.0371. The van der Waals surface area contributed by atoms with Gasteiger partial charge in [-0.1, -0.05) is 6.07 Å². The number of pyridine rings is 3. The molecule has 7 heteroatoms. The number of hydrogen-bond acceptors (Lipinski definition) is 6. The molecule has 5 rings (SSSR count). The molecule has 0 saturated carbocycles. The topological polar surface area (TPSA) is 73.6 Å². The predicted octanol–water partition coefficient (Wildman–Crippen LogP) is 3.96. The zero-order valence-corrected chi connectivity index (χ0v) is 16.3.